The Kier molecular flexibility index (Phi) is 7.20. The average molecular weight is 398 g/mol. The molecule has 0 radical (unpaired) electrons. The zero-order valence-corrected chi connectivity index (χ0v) is 15.6. The Morgan fingerprint density at radius 3 is 2.92 bits per heavy atom. The zero-order valence-electron chi connectivity index (χ0n) is 14.0. The van der Waals surface area contributed by atoms with E-state index in [1.807, 2.05) is 43.0 Å². The van der Waals surface area contributed by atoms with E-state index in [1.165, 1.54) is 0 Å². The van der Waals surface area contributed by atoms with Gasteiger partial charge in [0.2, 0.25) is 5.91 Å². The van der Waals surface area contributed by atoms with Gasteiger partial charge in [-0.1, -0.05) is 41.9 Å². The van der Waals surface area contributed by atoms with Crippen LogP contribution in [0.15, 0.2) is 28.7 Å². The van der Waals surface area contributed by atoms with Gasteiger partial charge in [0.25, 0.3) is 0 Å². The summed E-state index contributed by atoms with van der Waals surface area (Å²) in [6.45, 7) is 6.58. The van der Waals surface area contributed by atoms with Gasteiger partial charge in [-0.2, -0.15) is 0 Å². The van der Waals surface area contributed by atoms with Gasteiger partial charge in [-0.25, -0.2) is 4.79 Å². The maximum atomic E-state index is 12.0. The number of hydrogen-bond acceptors (Lipinski definition) is 4. The number of imide groups is 1. The Morgan fingerprint density at radius 2 is 2.21 bits per heavy atom. The fourth-order valence-corrected chi connectivity index (χ4v) is 2.88. The van der Waals surface area contributed by atoms with Crippen molar-refractivity contribution in [2.45, 2.75) is 20.0 Å². The van der Waals surface area contributed by atoms with Gasteiger partial charge in [0.05, 0.1) is 19.3 Å². The fraction of sp³-hybridized carbons (Fsp3) is 0.529. The van der Waals surface area contributed by atoms with E-state index in [4.69, 9.17) is 4.74 Å². The van der Waals surface area contributed by atoms with Crippen LogP contribution < -0.4 is 10.6 Å². The van der Waals surface area contributed by atoms with Gasteiger partial charge in [0.1, 0.15) is 0 Å². The number of morpholine rings is 1. The molecule has 1 atom stereocenters. The van der Waals surface area contributed by atoms with Crippen molar-refractivity contribution in [2.75, 3.05) is 32.8 Å². The molecule has 3 amide bonds. The predicted molar refractivity (Wildman–Crippen MR) is 95.7 cm³/mol. The molecule has 6 nitrogen and oxygen atoms in total. The van der Waals surface area contributed by atoms with E-state index in [1.54, 1.807) is 0 Å². The molecule has 24 heavy (non-hydrogen) atoms. The van der Waals surface area contributed by atoms with Crippen molar-refractivity contribution in [2.24, 2.45) is 5.92 Å². The molecule has 0 aromatic heterocycles. The second kappa shape index (κ2) is 9.15. The Bertz CT molecular complexity index is 580. The highest BCUT2D eigenvalue weighted by atomic mass is 79.9. The summed E-state index contributed by atoms with van der Waals surface area (Å²) in [5, 5.41) is 5.04. The largest absolute Gasteiger partial charge is 0.371 e. The number of nitrogens with one attached hydrogen (secondary N) is 2. The molecule has 0 saturated carbocycles. The summed E-state index contributed by atoms with van der Waals surface area (Å²) in [4.78, 5) is 25.6. The molecule has 1 unspecified atom stereocenters. The normalized spacial score (nSPS) is 18.4. The highest BCUT2D eigenvalue weighted by molar-refractivity contribution is 9.10. The van der Waals surface area contributed by atoms with Crippen LogP contribution in [-0.2, 0) is 9.53 Å². The highest BCUT2D eigenvalue weighted by Crippen LogP contribution is 2.24. The minimum Gasteiger partial charge on any atom is -0.371 e. The summed E-state index contributed by atoms with van der Waals surface area (Å²) in [6.07, 6.45) is -0.0705. The van der Waals surface area contributed by atoms with Crippen molar-refractivity contribution >= 4 is 27.9 Å². The van der Waals surface area contributed by atoms with Crippen molar-refractivity contribution in [3.05, 3.63) is 34.3 Å². The molecule has 0 spiro atoms. The number of carbonyl (C=O) groups is 2. The quantitative estimate of drug-likeness (QED) is 0.799. The Hall–Kier alpha value is -1.44. The molecular formula is C17H24BrN3O3. The van der Waals surface area contributed by atoms with Gasteiger partial charge < -0.3 is 10.1 Å². The molecule has 1 aromatic rings. The van der Waals surface area contributed by atoms with Crippen LogP contribution in [0.3, 0.4) is 0 Å². The lowest BCUT2D eigenvalue weighted by Crippen LogP contribution is -2.48. The first-order valence-electron chi connectivity index (χ1n) is 8.11. The van der Waals surface area contributed by atoms with E-state index in [0.29, 0.717) is 32.2 Å². The molecule has 1 aliphatic heterocycles. The molecule has 1 aliphatic rings. The topological polar surface area (TPSA) is 70.7 Å². The van der Waals surface area contributed by atoms with Crippen molar-refractivity contribution in [3.63, 3.8) is 0 Å². The van der Waals surface area contributed by atoms with Crippen LogP contribution in [0, 0.1) is 5.92 Å². The SMILES string of the molecule is CC(C)CNC(=O)NC(=O)CN1CCOC(c2cccc(Br)c2)C1. The number of nitrogens with zero attached hydrogens (tertiary/aromatic N) is 1. The standard InChI is InChI=1S/C17H24BrN3O3/c1-12(2)9-19-17(23)20-16(22)11-21-6-7-24-15(10-21)13-4-3-5-14(18)8-13/h3-5,8,12,15H,6-7,9-11H2,1-2H3,(H2,19,20,22,23). The van der Waals surface area contributed by atoms with E-state index in [0.717, 1.165) is 10.0 Å². The Labute approximate surface area is 151 Å². The first kappa shape index (κ1) is 18.9. The average Bonchev–Trinajstić information content (AvgIpc) is 2.53. The number of ether oxygens (including phenoxy) is 1. The summed E-state index contributed by atoms with van der Waals surface area (Å²) in [5.41, 5.74) is 1.07. The number of carbonyl (C=O) groups excluding carboxylic acids is 2. The molecular weight excluding hydrogens is 374 g/mol. The van der Waals surface area contributed by atoms with Crippen LogP contribution >= 0.6 is 15.9 Å². The first-order chi connectivity index (χ1) is 11.4. The van der Waals surface area contributed by atoms with E-state index in [-0.39, 0.29) is 18.6 Å². The van der Waals surface area contributed by atoms with Crippen LogP contribution in [0.25, 0.3) is 0 Å². The number of benzene rings is 1. The van der Waals surface area contributed by atoms with Crippen LogP contribution in [0.1, 0.15) is 25.5 Å². The lowest BCUT2D eigenvalue weighted by molar-refractivity contribution is -0.123. The number of halogens is 1. The smallest absolute Gasteiger partial charge is 0.321 e. The molecule has 1 fully saturated rings. The molecule has 0 aliphatic carbocycles. The number of amides is 3. The van der Waals surface area contributed by atoms with Gasteiger partial charge in [0, 0.05) is 24.1 Å². The summed E-state index contributed by atoms with van der Waals surface area (Å²) in [7, 11) is 0. The monoisotopic (exact) mass is 397 g/mol. The van der Waals surface area contributed by atoms with Gasteiger partial charge in [0.15, 0.2) is 0 Å². The summed E-state index contributed by atoms with van der Waals surface area (Å²) < 4.78 is 6.80. The maximum absolute atomic E-state index is 12.0. The minimum absolute atomic E-state index is 0.0705. The van der Waals surface area contributed by atoms with Gasteiger partial charge in [-0.15, -0.1) is 0 Å². The maximum Gasteiger partial charge on any atom is 0.321 e. The van der Waals surface area contributed by atoms with Crippen molar-refractivity contribution in [1.82, 2.24) is 15.5 Å². The molecule has 1 heterocycles. The molecule has 1 aromatic carbocycles. The first-order valence-corrected chi connectivity index (χ1v) is 8.90. The van der Waals surface area contributed by atoms with Crippen molar-refractivity contribution in [1.29, 1.82) is 0 Å². The number of hydrogen-bond donors (Lipinski definition) is 2. The third-order valence-electron chi connectivity index (χ3n) is 3.66. The highest BCUT2D eigenvalue weighted by Gasteiger charge is 2.24. The van der Waals surface area contributed by atoms with E-state index >= 15 is 0 Å². The number of urea groups is 1. The number of rotatable bonds is 5. The van der Waals surface area contributed by atoms with E-state index in [9.17, 15) is 9.59 Å². The molecule has 0 bridgehead atoms. The van der Waals surface area contributed by atoms with Gasteiger partial charge in [-0.3, -0.25) is 15.0 Å². The fourth-order valence-electron chi connectivity index (χ4n) is 2.46. The molecule has 132 valence electrons. The van der Waals surface area contributed by atoms with Crippen LogP contribution in [0.4, 0.5) is 4.79 Å². The minimum atomic E-state index is -0.439. The lowest BCUT2D eigenvalue weighted by Gasteiger charge is -2.32. The second-order valence-corrected chi connectivity index (χ2v) is 7.22. The van der Waals surface area contributed by atoms with Crippen LogP contribution in [-0.4, -0.2) is 49.6 Å². The molecule has 2 rings (SSSR count). The van der Waals surface area contributed by atoms with Gasteiger partial charge in [-0.05, 0) is 23.6 Å². The molecule has 2 N–H and O–H groups in total. The van der Waals surface area contributed by atoms with Crippen molar-refractivity contribution in [3.8, 4) is 0 Å². The predicted octanol–water partition coefficient (Wildman–Crippen LogP) is 2.30. The van der Waals surface area contributed by atoms with E-state index < -0.39 is 6.03 Å². The second-order valence-electron chi connectivity index (χ2n) is 6.30. The third kappa shape index (κ3) is 6.22. The molecule has 7 heteroatoms. The summed E-state index contributed by atoms with van der Waals surface area (Å²) in [5.74, 6) is 0.0437. The Morgan fingerprint density at radius 1 is 1.42 bits per heavy atom. The van der Waals surface area contributed by atoms with Gasteiger partial charge >= 0.3 is 6.03 Å². The molecule has 1 saturated heterocycles. The summed E-state index contributed by atoms with van der Waals surface area (Å²) >= 11 is 3.46. The van der Waals surface area contributed by atoms with Crippen LogP contribution in [0.5, 0.6) is 0 Å². The zero-order chi connectivity index (χ0) is 17.5. The summed E-state index contributed by atoms with van der Waals surface area (Å²) in [6, 6.07) is 7.53. The van der Waals surface area contributed by atoms with Crippen LogP contribution in [0.2, 0.25) is 0 Å². The lowest BCUT2D eigenvalue weighted by atomic mass is 10.1. The Balaban J connectivity index is 1.82. The third-order valence-corrected chi connectivity index (χ3v) is 4.16. The van der Waals surface area contributed by atoms with E-state index in [2.05, 4.69) is 26.6 Å². The van der Waals surface area contributed by atoms with Crippen molar-refractivity contribution < 1.29 is 14.3 Å².